The number of unbranched alkanes of at least 4 members (excludes halogenated alkanes) is 1. The summed E-state index contributed by atoms with van der Waals surface area (Å²) in [6.45, 7) is 3.10. The monoisotopic (exact) mass is 333 g/mol. The highest BCUT2D eigenvalue weighted by Gasteiger charge is 2.67. The van der Waals surface area contributed by atoms with Crippen LogP contribution in [0.3, 0.4) is 0 Å². The van der Waals surface area contributed by atoms with E-state index in [0.29, 0.717) is 19.2 Å². The summed E-state index contributed by atoms with van der Waals surface area (Å²) >= 11 is 0. The molecule has 0 aromatic rings. The molecule has 3 fully saturated rings. The number of ether oxygens (including phenoxy) is 2. The number of rotatable bonds is 5. The van der Waals surface area contributed by atoms with Crippen molar-refractivity contribution in [2.45, 2.75) is 69.6 Å². The second-order valence-corrected chi connectivity index (χ2v) is 7.68. The molecule has 3 heterocycles. The molecule has 0 aromatic heterocycles. The van der Waals surface area contributed by atoms with E-state index < -0.39 is 11.5 Å². The first-order valence-corrected chi connectivity index (χ1v) is 9.50. The fourth-order valence-electron chi connectivity index (χ4n) is 4.91. The van der Waals surface area contributed by atoms with Gasteiger partial charge in [-0.3, -0.25) is 9.59 Å². The van der Waals surface area contributed by atoms with Crippen molar-refractivity contribution in [2.24, 2.45) is 11.8 Å². The van der Waals surface area contributed by atoms with Gasteiger partial charge in [0, 0.05) is 6.04 Å². The van der Waals surface area contributed by atoms with Gasteiger partial charge in [0.05, 0.1) is 25.2 Å². The van der Waals surface area contributed by atoms with Gasteiger partial charge in [0.15, 0.2) is 0 Å². The highest BCUT2D eigenvalue weighted by Crippen LogP contribution is 2.53. The molecule has 3 aliphatic heterocycles. The predicted octanol–water partition coefficient (Wildman–Crippen LogP) is 2.44. The Hall–Kier alpha value is -1.36. The lowest BCUT2D eigenvalue weighted by Crippen LogP contribution is -2.42. The van der Waals surface area contributed by atoms with Gasteiger partial charge in [-0.2, -0.15) is 0 Å². The number of amides is 1. The van der Waals surface area contributed by atoms with Crippen LogP contribution < -0.4 is 0 Å². The highest BCUT2D eigenvalue weighted by atomic mass is 16.6. The van der Waals surface area contributed by atoms with Crippen molar-refractivity contribution in [3.05, 3.63) is 12.2 Å². The van der Waals surface area contributed by atoms with Crippen molar-refractivity contribution in [3.63, 3.8) is 0 Å². The summed E-state index contributed by atoms with van der Waals surface area (Å²) in [5.41, 5.74) is -0.590. The van der Waals surface area contributed by atoms with E-state index in [9.17, 15) is 9.59 Å². The van der Waals surface area contributed by atoms with Gasteiger partial charge >= 0.3 is 5.97 Å². The summed E-state index contributed by atoms with van der Waals surface area (Å²) in [7, 11) is 0. The summed E-state index contributed by atoms with van der Waals surface area (Å²) in [6.07, 6.45) is 11.3. The molecule has 0 N–H and O–H groups in total. The molecule has 5 heteroatoms. The lowest BCUT2D eigenvalue weighted by atomic mass is 9.77. The Kier molecular flexibility index (Phi) is 4.15. The quantitative estimate of drug-likeness (QED) is 0.440. The highest BCUT2D eigenvalue weighted by molar-refractivity contribution is 5.91. The average molecular weight is 333 g/mol. The Morgan fingerprint density at radius 3 is 2.92 bits per heavy atom. The standard InChI is InChI=1S/C19H27NO4/c1-2-3-11-23-18(22)15-14-9-10-19(24-14)12-20(17(21)16(15)19)13-7-5-4-6-8-13/h9-10,13-16H,2-8,11-12H2,1H3/t14-,15+,16+,19+/m1/s1. The molecule has 1 spiro atoms. The maximum absolute atomic E-state index is 13.1. The van der Waals surface area contributed by atoms with Crippen LogP contribution in [0.15, 0.2) is 12.2 Å². The summed E-state index contributed by atoms with van der Waals surface area (Å²) in [5, 5.41) is 0. The third-order valence-electron chi connectivity index (χ3n) is 6.16. The fraction of sp³-hybridized carbons (Fsp3) is 0.789. The molecule has 4 atom stereocenters. The summed E-state index contributed by atoms with van der Waals surface area (Å²) in [4.78, 5) is 27.7. The van der Waals surface area contributed by atoms with E-state index in [0.717, 1.165) is 25.7 Å². The number of hydrogen-bond donors (Lipinski definition) is 0. The number of hydrogen-bond acceptors (Lipinski definition) is 4. The summed E-state index contributed by atoms with van der Waals surface area (Å²) < 4.78 is 11.6. The number of likely N-dealkylation sites (tertiary alicyclic amines) is 1. The van der Waals surface area contributed by atoms with E-state index in [1.54, 1.807) is 0 Å². The molecular formula is C19H27NO4. The van der Waals surface area contributed by atoms with Gasteiger partial charge in [0.25, 0.3) is 0 Å². The molecule has 5 nitrogen and oxygen atoms in total. The maximum atomic E-state index is 13.1. The van der Waals surface area contributed by atoms with Gasteiger partial charge in [0.2, 0.25) is 5.91 Å². The number of carbonyl (C=O) groups excluding carboxylic acids is 2. The van der Waals surface area contributed by atoms with Crippen LogP contribution in [0.2, 0.25) is 0 Å². The predicted molar refractivity (Wildman–Crippen MR) is 88.2 cm³/mol. The second-order valence-electron chi connectivity index (χ2n) is 7.68. The first kappa shape index (κ1) is 16.1. The van der Waals surface area contributed by atoms with Crippen LogP contribution in [0.1, 0.15) is 51.9 Å². The molecule has 1 saturated carbocycles. The summed E-state index contributed by atoms with van der Waals surface area (Å²) in [5.74, 6) is -1.01. The molecule has 4 aliphatic rings. The molecule has 24 heavy (non-hydrogen) atoms. The largest absolute Gasteiger partial charge is 0.465 e. The normalized spacial score (nSPS) is 38.0. The van der Waals surface area contributed by atoms with Crippen LogP contribution in [-0.2, 0) is 19.1 Å². The van der Waals surface area contributed by atoms with Gasteiger partial charge in [-0.1, -0.05) is 44.8 Å². The van der Waals surface area contributed by atoms with Gasteiger partial charge in [-0.15, -0.1) is 0 Å². The minimum Gasteiger partial charge on any atom is -0.465 e. The van der Waals surface area contributed by atoms with Gasteiger partial charge in [-0.25, -0.2) is 0 Å². The van der Waals surface area contributed by atoms with Crippen molar-refractivity contribution in [1.82, 2.24) is 4.90 Å². The summed E-state index contributed by atoms with van der Waals surface area (Å²) in [6, 6.07) is 0.319. The van der Waals surface area contributed by atoms with Crippen molar-refractivity contribution in [1.29, 1.82) is 0 Å². The number of fused-ring (bicyclic) bond motifs is 1. The van der Waals surface area contributed by atoms with Crippen LogP contribution >= 0.6 is 0 Å². The molecule has 2 saturated heterocycles. The van der Waals surface area contributed by atoms with Crippen molar-refractivity contribution in [3.8, 4) is 0 Å². The molecule has 0 radical (unpaired) electrons. The first-order valence-electron chi connectivity index (χ1n) is 9.50. The lowest BCUT2D eigenvalue weighted by Gasteiger charge is -2.32. The SMILES string of the molecule is CCCCOC(=O)[C@@H]1[C@H]2C(=O)N(C3CCCCC3)C[C@@]23C=C[C@H]1O3. The van der Waals surface area contributed by atoms with Gasteiger partial charge in [-0.05, 0) is 19.3 Å². The Morgan fingerprint density at radius 1 is 1.38 bits per heavy atom. The van der Waals surface area contributed by atoms with Crippen molar-refractivity contribution >= 4 is 11.9 Å². The topological polar surface area (TPSA) is 55.8 Å². The van der Waals surface area contributed by atoms with Crippen LogP contribution in [0.5, 0.6) is 0 Å². The zero-order chi connectivity index (χ0) is 16.7. The molecule has 132 valence electrons. The van der Waals surface area contributed by atoms with E-state index in [4.69, 9.17) is 9.47 Å². The second kappa shape index (κ2) is 6.17. The number of esters is 1. The molecule has 0 aromatic carbocycles. The molecular weight excluding hydrogens is 306 g/mol. The lowest BCUT2D eigenvalue weighted by molar-refractivity contribution is -0.154. The molecule has 0 unspecified atom stereocenters. The molecule has 1 amide bonds. The van der Waals surface area contributed by atoms with Crippen molar-refractivity contribution in [2.75, 3.05) is 13.2 Å². The average Bonchev–Trinajstić information content (AvgIpc) is 3.24. The minimum absolute atomic E-state index is 0.103. The number of nitrogens with zero attached hydrogens (tertiary/aromatic N) is 1. The van der Waals surface area contributed by atoms with Crippen LogP contribution in [0.4, 0.5) is 0 Å². The Balaban J connectivity index is 1.52. The Bertz CT molecular complexity index is 554. The van der Waals surface area contributed by atoms with E-state index in [1.165, 1.54) is 19.3 Å². The zero-order valence-corrected chi connectivity index (χ0v) is 14.4. The Labute approximate surface area is 143 Å². The third kappa shape index (κ3) is 2.40. The fourth-order valence-corrected chi connectivity index (χ4v) is 4.91. The van der Waals surface area contributed by atoms with Gasteiger partial charge < -0.3 is 14.4 Å². The maximum Gasteiger partial charge on any atom is 0.312 e. The van der Waals surface area contributed by atoms with Crippen molar-refractivity contribution < 1.29 is 19.1 Å². The smallest absolute Gasteiger partial charge is 0.312 e. The molecule has 2 bridgehead atoms. The first-order chi connectivity index (χ1) is 11.7. The van der Waals surface area contributed by atoms with E-state index in [-0.39, 0.29) is 23.9 Å². The number of carbonyl (C=O) groups is 2. The van der Waals surface area contributed by atoms with Crippen LogP contribution in [-0.4, -0.2) is 47.7 Å². The Morgan fingerprint density at radius 2 is 2.17 bits per heavy atom. The van der Waals surface area contributed by atoms with Gasteiger partial charge in [0.1, 0.15) is 11.5 Å². The van der Waals surface area contributed by atoms with Crippen LogP contribution in [0, 0.1) is 11.8 Å². The third-order valence-corrected chi connectivity index (χ3v) is 6.16. The zero-order valence-electron chi connectivity index (χ0n) is 14.4. The molecule has 4 rings (SSSR count). The van der Waals surface area contributed by atoms with E-state index >= 15 is 0 Å². The molecule has 1 aliphatic carbocycles. The van der Waals surface area contributed by atoms with Crippen LogP contribution in [0.25, 0.3) is 0 Å². The van der Waals surface area contributed by atoms with E-state index in [2.05, 4.69) is 6.92 Å². The minimum atomic E-state index is -0.590. The van der Waals surface area contributed by atoms with E-state index in [1.807, 2.05) is 17.1 Å².